The molecule has 30 heavy (non-hydrogen) atoms. The zero-order valence-corrected chi connectivity index (χ0v) is 18.1. The molecule has 1 heterocycles. The summed E-state index contributed by atoms with van der Waals surface area (Å²) in [6, 6.07) is 8.69. The molecule has 8 nitrogen and oxygen atoms in total. The van der Waals surface area contributed by atoms with Gasteiger partial charge in [-0.15, -0.1) is 0 Å². The Morgan fingerprint density at radius 1 is 1.33 bits per heavy atom. The van der Waals surface area contributed by atoms with E-state index in [2.05, 4.69) is 15.3 Å². The van der Waals surface area contributed by atoms with E-state index in [1.807, 2.05) is 37.1 Å². The van der Waals surface area contributed by atoms with Crippen molar-refractivity contribution in [1.29, 1.82) is 0 Å². The fourth-order valence-corrected chi connectivity index (χ4v) is 3.21. The Morgan fingerprint density at radius 3 is 2.63 bits per heavy atom. The minimum absolute atomic E-state index is 0.144. The smallest absolute Gasteiger partial charge is 0.258 e. The van der Waals surface area contributed by atoms with Crippen LogP contribution >= 0.6 is 0 Å². The lowest BCUT2D eigenvalue weighted by molar-refractivity contribution is 0.0937. The van der Waals surface area contributed by atoms with Gasteiger partial charge in [0.1, 0.15) is 11.3 Å². The van der Waals surface area contributed by atoms with Crippen LogP contribution in [-0.4, -0.2) is 50.2 Å². The number of para-hydroxylation sites is 1. The first-order valence-electron chi connectivity index (χ1n) is 9.77. The van der Waals surface area contributed by atoms with Crippen molar-refractivity contribution < 1.29 is 17.9 Å². The minimum atomic E-state index is -3.28. The van der Waals surface area contributed by atoms with E-state index in [9.17, 15) is 13.2 Å². The summed E-state index contributed by atoms with van der Waals surface area (Å²) in [7, 11) is -1.43. The molecule has 0 spiro atoms. The van der Waals surface area contributed by atoms with Crippen molar-refractivity contribution in [2.75, 3.05) is 24.7 Å². The number of hydrogen-bond donors (Lipinski definition) is 1. The lowest BCUT2D eigenvalue weighted by atomic mass is 10.1. The van der Waals surface area contributed by atoms with E-state index in [1.165, 1.54) is 12.3 Å². The van der Waals surface area contributed by atoms with Crippen molar-refractivity contribution in [3.8, 4) is 11.6 Å². The van der Waals surface area contributed by atoms with Crippen molar-refractivity contribution >= 4 is 21.7 Å². The lowest BCUT2D eigenvalue weighted by Gasteiger charge is -2.18. The summed E-state index contributed by atoms with van der Waals surface area (Å²) >= 11 is 0. The summed E-state index contributed by atoms with van der Waals surface area (Å²) < 4.78 is 28.8. The molecule has 1 aromatic heterocycles. The summed E-state index contributed by atoms with van der Waals surface area (Å²) in [5.74, 6) is 0.936. The van der Waals surface area contributed by atoms with Crippen molar-refractivity contribution in [2.24, 2.45) is 5.92 Å². The SMILES string of the molecule is CCN(C)c1ncc(C(=O)N[C@H](/C=C/S(C)(=O)=O)C2CC2)c(Oc2ccccc2)n1. The van der Waals surface area contributed by atoms with Gasteiger partial charge in [-0.05, 0) is 37.8 Å². The molecule has 0 saturated heterocycles. The second-order valence-corrected chi connectivity index (χ2v) is 9.24. The molecule has 2 aromatic rings. The van der Waals surface area contributed by atoms with Crippen LogP contribution in [0.25, 0.3) is 0 Å². The van der Waals surface area contributed by atoms with Gasteiger partial charge in [0.05, 0.1) is 6.04 Å². The van der Waals surface area contributed by atoms with Gasteiger partial charge in [0.25, 0.3) is 5.91 Å². The van der Waals surface area contributed by atoms with E-state index in [0.29, 0.717) is 18.2 Å². The zero-order chi connectivity index (χ0) is 21.7. The largest absolute Gasteiger partial charge is 0.438 e. The number of sulfone groups is 1. The van der Waals surface area contributed by atoms with Crippen LogP contribution < -0.4 is 15.0 Å². The highest BCUT2D eigenvalue weighted by molar-refractivity contribution is 7.93. The molecule has 0 aliphatic heterocycles. The van der Waals surface area contributed by atoms with Crippen LogP contribution in [0, 0.1) is 5.92 Å². The summed E-state index contributed by atoms with van der Waals surface area (Å²) in [6.45, 7) is 2.66. The average molecular weight is 431 g/mol. The summed E-state index contributed by atoms with van der Waals surface area (Å²) in [5, 5.41) is 4.03. The Morgan fingerprint density at radius 2 is 2.03 bits per heavy atom. The number of ether oxygens (including phenoxy) is 1. The predicted molar refractivity (Wildman–Crippen MR) is 115 cm³/mol. The number of benzene rings is 1. The Kier molecular flexibility index (Phi) is 6.71. The molecule has 1 N–H and O–H groups in total. The van der Waals surface area contributed by atoms with Gasteiger partial charge < -0.3 is 15.0 Å². The standard InChI is InChI=1S/C21H26N4O4S/c1-4-25(2)21-22-14-17(20(24-21)29-16-8-6-5-7-9-16)19(26)23-18(15-10-11-15)12-13-30(3,27)28/h5-9,12-15,18H,4,10-11H2,1-3H3,(H,23,26)/b13-12+/t18-/m1/s1. The molecule has 3 rings (SSSR count). The molecule has 160 valence electrons. The summed E-state index contributed by atoms with van der Waals surface area (Å²) in [5.41, 5.74) is 0.186. The summed E-state index contributed by atoms with van der Waals surface area (Å²) in [4.78, 5) is 23.6. The number of carbonyl (C=O) groups is 1. The topological polar surface area (TPSA) is 101 Å². The first kappa shape index (κ1) is 21.8. The van der Waals surface area contributed by atoms with Crippen molar-refractivity contribution in [3.63, 3.8) is 0 Å². The van der Waals surface area contributed by atoms with Crippen molar-refractivity contribution in [1.82, 2.24) is 15.3 Å². The monoisotopic (exact) mass is 430 g/mol. The molecule has 1 atom stereocenters. The molecule has 1 saturated carbocycles. The Labute approximate surface area is 176 Å². The van der Waals surface area contributed by atoms with Crippen LogP contribution in [-0.2, 0) is 9.84 Å². The van der Waals surface area contributed by atoms with Gasteiger partial charge in [-0.1, -0.05) is 24.3 Å². The lowest BCUT2D eigenvalue weighted by Crippen LogP contribution is -2.35. The van der Waals surface area contributed by atoms with Crippen LogP contribution in [0.15, 0.2) is 48.0 Å². The van der Waals surface area contributed by atoms with E-state index >= 15 is 0 Å². The van der Waals surface area contributed by atoms with Crippen molar-refractivity contribution in [3.05, 3.63) is 53.6 Å². The quantitative estimate of drug-likeness (QED) is 0.653. The number of rotatable bonds is 9. The van der Waals surface area contributed by atoms with Crippen LogP contribution in [0.1, 0.15) is 30.1 Å². The third kappa shape index (κ3) is 6.03. The molecule has 1 amide bonds. The first-order valence-corrected chi connectivity index (χ1v) is 11.7. The van der Waals surface area contributed by atoms with E-state index < -0.39 is 15.7 Å². The number of amides is 1. The average Bonchev–Trinajstić information content (AvgIpc) is 3.55. The number of aromatic nitrogens is 2. The van der Waals surface area contributed by atoms with E-state index in [-0.39, 0.29) is 23.4 Å². The van der Waals surface area contributed by atoms with Gasteiger partial charge in [0, 0.05) is 31.5 Å². The van der Waals surface area contributed by atoms with E-state index in [0.717, 1.165) is 24.5 Å². The molecule has 0 unspecified atom stereocenters. The van der Waals surface area contributed by atoms with Crippen LogP contribution in [0.2, 0.25) is 0 Å². The number of nitrogens with zero attached hydrogens (tertiary/aromatic N) is 3. The second kappa shape index (κ2) is 9.25. The number of carbonyl (C=O) groups excluding carboxylic acids is 1. The third-order valence-corrected chi connectivity index (χ3v) is 5.37. The number of hydrogen-bond acceptors (Lipinski definition) is 7. The maximum atomic E-state index is 13.0. The Hall–Kier alpha value is -2.94. The maximum absolute atomic E-state index is 13.0. The molecule has 1 aliphatic rings. The highest BCUT2D eigenvalue weighted by Gasteiger charge is 2.32. The molecule has 0 radical (unpaired) electrons. The molecule has 1 aliphatic carbocycles. The van der Waals surface area contributed by atoms with Crippen LogP contribution in [0.5, 0.6) is 11.6 Å². The number of anilines is 1. The minimum Gasteiger partial charge on any atom is -0.438 e. The maximum Gasteiger partial charge on any atom is 0.258 e. The Bertz CT molecular complexity index is 1020. The fraction of sp³-hybridized carbons (Fsp3) is 0.381. The van der Waals surface area contributed by atoms with Gasteiger partial charge in [-0.3, -0.25) is 4.79 Å². The predicted octanol–water partition coefficient (Wildman–Crippen LogP) is 2.79. The second-order valence-electron chi connectivity index (χ2n) is 7.31. The molecule has 1 fully saturated rings. The highest BCUT2D eigenvalue weighted by atomic mass is 32.2. The van der Waals surface area contributed by atoms with Gasteiger partial charge in [-0.25, -0.2) is 13.4 Å². The molecule has 1 aromatic carbocycles. The fourth-order valence-electron chi connectivity index (χ4n) is 2.75. The first-order chi connectivity index (χ1) is 14.3. The molecule has 9 heteroatoms. The normalized spacial score (nSPS) is 15.0. The highest BCUT2D eigenvalue weighted by Crippen LogP contribution is 2.34. The molecular formula is C21H26N4O4S. The van der Waals surface area contributed by atoms with E-state index in [1.54, 1.807) is 12.1 Å². The molecular weight excluding hydrogens is 404 g/mol. The van der Waals surface area contributed by atoms with E-state index in [4.69, 9.17) is 4.74 Å². The van der Waals surface area contributed by atoms with Crippen molar-refractivity contribution in [2.45, 2.75) is 25.8 Å². The molecule has 0 bridgehead atoms. The van der Waals surface area contributed by atoms with Crippen LogP contribution in [0.3, 0.4) is 0 Å². The van der Waals surface area contributed by atoms with Gasteiger partial charge >= 0.3 is 0 Å². The third-order valence-electron chi connectivity index (χ3n) is 4.72. The zero-order valence-electron chi connectivity index (χ0n) is 17.3. The Balaban J connectivity index is 1.88. The number of nitrogens with one attached hydrogen (secondary N) is 1. The summed E-state index contributed by atoms with van der Waals surface area (Å²) in [6.07, 6.45) is 5.96. The van der Waals surface area contributed by atoms with Gasteiger partial charge in [0.15, 0.2) is 9.84 Å². The van der Waals surface area contributed by atoms with Gasteiger partial charge in [0.2, 0.25) is 11.8 Å². The van der Waals surface area contributed by atoms with Crippen LogP contribution in [0.4, 0.5) is 5.95 Å². The van der Waals surface area contributed by atoms with Gasteiger partial charge in [-0.2, -0.15) is 4.98 Å².